The maximum absolute atomic E-state index is 11.8. The van der Waals surface area contributed by atoms with Crippen molar-refractivity contribution < 1.29 is 9.53 Å². The Morgan fingerprint density at radius 3 is 3.06 bits per heavy atom. The predicted octanol–water partition coefficient (Wildman–Crippen LogP) is 1.58. The average Bonchev–Trinajstić information content (AvgIpc) is 2.35. The van der Waals surface area contributed by atoms with Crippen LogP contribution in [0.25, 0.3) is 0 Å². The Bertz CT molecular complexity index is 417. The molecule has 1 aliphatic heterocycles. The van der Waals surface area contributed by atoms with E-state index in [2.05, 4.69) is 10.6 Å². The first-order valence-electron chi connectivity index (χ1n) is 5.56. The van der Waals surface area contributed by atoms with Crippen LogP contribution in [0.1, 0.15) is 5.56 Å². The van der Waals surface area contributed by atoms with Crippen LogP contribution >= 0.6 is 11.6 Å². The minimum atomic E-state index is -0.427. The molecule has 1 saturated heterocycles. The van der Waals surface area contributed by atoms with Crippen LogP contribution < -0.4 is 10.6 Å². The second-order valence-corrected chi connectivity index (χ2v) is 4.42. The molecule has 0 radical (unpaired) electrons. The van der Waals surface area contributed by atoms with Crippen molar-refractivity contribution in [3.8, 4) is 0 Å². The van der Waals surface area contributed by atoms with Gasteiger partial charge in [0.25, 0.3) is 5.91 Å². The minimum absolute atomic E-state index is 0.142. The van der Waals surface area contributed by atoms with E-state index >= 15 is 0 Å². The number of benzene rings is 1. The van der Waals surface area contributed by atoms with Crippen LogP contribution in [0.3, 0.4) is 0 Å². The molecule has 5 heteroatoms. The molecule has 0 saturated carbocycles. The molecule has 1 atom stereocenters. The highest BCUT2D eigenvalue weighted by Gasteiger charge is 2.21. The van der Waals surface area contributed by atoms with Crippen LogP contribution in [0.4, 0.5) is 5.69 Å². The molecule has 1 fully saturated rings. The lowest BCUT2D eigenvalue weighted by molar-refractivity contribution is -0.128. The number of halogens is 1. The van der Waals surface area contributed by atoms with Crippen molar-refractivity contribution in [3.63, 3.8) is 0 Å². The number of carbonyl (C=O) groups is 1. The number of morpholine rings is 1. The molecule has 92 valence electrons. The molecule has 1 unspecified atom stereocenters. The lowest BCUT2D eigenvalue weighted by atomic mass is 10.2. The van der Waals surface area contributed by atoms with Gasteiger partial charge in [-0.15, -0.1) is 0 Å². The second-order valence-electron chi connectivity index (χ2n) is 4.02. The van der Waals surface area contributed by atoms with Gasteiger partial charge in [-0.3, -0.25) is 4.79 Å². The van der Waals surface area contributed by atoms with E-state index in [1.807, 2.05) is 19.1 Å². The third kappa shape index (κ3) is 3.19. The Morgan fingerprint density at radius 1 is 1.59 bits per heavy atom. The third-order valence-corrected chi connectivity index (χ3v) is 3.07. The highest BCUT2D eigenvalue weighted by molar-refractivity contribution is 6.31. The van der Waals surface area contributed by atoms with E-state index in [0.717, 1.165) is 12.1 Å². The van der Waals surface area contributed by atoms with Crippen LogP contribution in [-0.2, 0) is 9.53 Å². The van der Waals surface area contributed by atoms with Gasteiger partial charge >= 0.3 is 0 Å². The molecule has 2 rings (SSSR count). The summed E-state index contributed by atoms with van der Waals surface area (Å²) >= 11 is 5.99. The Kier molecular flexibility index (Phi) is 3.99. The third-order valence-electron chi connectivity index (χ3n) is 2.66. The molecule has 4 nitrogen and oxygen atoms in total. The quantitative estimate of drug-likeness (QED) is 0.843. The Labute approximate surface area is 105 Å². The molecule has 1 amide bonds. The predicted molar refractivity (Wildman–Crippen MR) is 67.4 cm³/mol. The van der Waals surface area contributed by atoms with Gasteiger partial charge < -0.3 is 15.4 Å². The normalized spacial score (nSPS) is 20.0. The van der Waals surface area contributed by atoms with Crippen molar-refractivity contribution in [1.82, 2.24) is 5.32 Å². The molecule has 1 heterocycles. The Hall–Kier alpha value is -1.10. The number of carbonyl (C=O) groups excluding carboxylic acids is 1. The molecule has 0 spiro atoms. The largest absolute Gasteiger partial charge is 0.366 e. The first kappa shape index (κ1) is 12.4. The number of hydrogen-bond donors (Lipinski definition) is 2. The minimum Gasteiger partial charge on any atom is -0.366 e. The molecule has 0 bridgehead atoms. The van der Waals surface area contributed by atoms with E-state index < -0.39 is 6.10 Å². The number of rotatable bonds is 2. The fraction of sp³-hybridized carbons (Fsp3) is 0.417. The van der Waals surface area contributed by atoms with E-state index in [-0.39, 0.29) is 5.91 Å². The van der Waals surface area contributed by atoms with Crippen molar-refractivity contribution in [2.45, 2.75) is 13.0 Å². The molecule has 1 aromatic rings. The summed E-state index contributed by atoms with van der Waals surface area (Å²) in [6.45, 7) is 3.82. The number of nitrogens with one attached hydrogen (secondary N) is 2. The maximum atomic E-state index is 11.8. The van der Waals surface area contributed by atoms with Gasteiger partial charge in [-0.25, -0.2) is 0 Å². The van der Waals surface area contributed by atoms with Crippen molar-refractivity contribution >= 4 is 23.2 Å². The first-order chi connectivity index (χ1) is 8.16. The molecular weight excluding hydrogens is 240 g/mol. The first-order valence-corrected chi connectivity index (χ1v) is 5.94. The summed E-state index contributed by atoms with van der Waals surface area (Å²) in [4.78, 5) is 11.8. The summed E-state index contributed by atoms with van der Waals surface area (Å²) in [5, 5.41) is 6.55. The highest BCUT2D eigenvalue weighted by atomic mass is 35.5. The second kappa shape index (κ2) is 5.49. The van der Waals surface area contributed by atoms with Gasteiger partial charge in [0, 0.05) is 23.8 Å². The monoisotopic (exact) mass is 254 g/mol. The van der Waals surface area contributed by atoms with Gasteiger partial charge in [0.2, 0.25) is 0 Å². The number of ether oxygens (including phenoxy) is 1. The van der Waals surface area contributed by atoms with Crippen LogP contribution in [0.15, 0.2) is 18.2 Å². The zero-order valence-corrected chi connectivity index (χ0v) is 10.4. The van der Waals surface area contributed by atoms with E-state index in [1.165, 1.54) is 0 Å². The molecule has 17 heavy (non-hydrogen) atoms. The number of hydrogen-bond acceptors (Lipinski definition) is 3. The van der Waals surface area contributed by atoms with Gasteiger partial charge in [-0.2, -0.15) is 0 Å². The van der Waals surface area contributed by atoms with Gasteiger partial charge in [-0.05, 0) is 24.6 Å². The van der Waals surface area contributed by atoms with Crippen LogP contribution in [0.2, 0.25) is 5.02 Å². The van der Waals surface area contributed by atoms with E-state index in [0.29, 0.717) is 23.9 Å². The topological polar surface area (TPSA) is 50.4 Å². The number of amides is 1. The van der Waals surface area contributed by atoms with Crippen molar-refractivity contribution in [2.24, 2.45) is 0 Å². The lowest BCUT2D eigenvalue weighted by Crippen LogP contribution is -2.45. The number of anilines is 1. The van der Waals surface area contributed by atoms with Crippen LogP contribution in [-0.4, -0.2) is 31.7 Å². The maximum Gasteiger partial charge on any atom is 0.254 e. The molecule has 0 aromatic heterocycles. The summed E-state index contributed by atoms with van der Waals surface area (Å²) in [6, 6.07) is 5.44. The number of aryl methyl sites for hydroxylation is 1. The van der Waals surface area contributed by atoms with Crippen LogP contribution in [0, 0.1) is 6.92 Å². The summed E-state index contributed by atoms with van der Waals surface area (Å²) in [7, 11) is 0. The van der Waals surface area contributed by atoms with Gasteiger partial charge in [-0.1, -0.05) is 17.7 Å². The van der Waals surface area contributed by atoms with Crippen LogP contribution in [0.5, 0.6) is 0 Å². The summed E-state index contributed by atoms with van der Waals surface area (Å²) in [6.07, 6.45) is -0.427. The van der Waals surface area contributed by atoms with E-state index in [4.69, 9.17) is 16.3 Å². The summed E-state index contributed by atoms with van der Waals surface area (Å²) < 4.78 is 5.36. The molecular formula is C12H15ClN2O2. The van der Waals surface area contributed by atoms with Crippen molar-refractivity contribution in [1.29, 1.82) is 0 Å². The van der Waals surface area contributed by atoms with Gasteiger partial charge in [0.05, 0.1) is 6.61 Å². The van der Waals surface area contributed by atoms with E-state index in [9.17, 15) is 4.79 Å². The lowest BCUT2D eigenvalue weighted by Gasteiger charge is -2.22. The Morgan fingerprint density at radius 2 is 2.41 bits per heavy atom. The zero-order chi connectivity index (χ0) is 12.3. The Balaban J connectivity index is 1.99. The summed E-state index contributed by atoms with van der Waals surface area (Å²) in [5.41, 5.74) is 1.68. The van der Waals surface area contributed by atoms with Gasteiger partial charge in [0.1, 0.15) is 6.10 Å². The van der Waals surface area contributed by atoms with Gasteiger partial charge in [0.15, 0.2) is 0 Å². The fourth-order valence-corrected chi connectivity index (χ4v) is 1.81. The molecule has 0 aliphatic carbocycles. The van der Waals surface area contributed by atoms with Crippen molar-refractivity contribution in [3.05, 3.63) is 28.8 Å². The molecule has 2 N–H and O–H groups in total. The SMILES string of the molecule is Cc1ccc(NC(=O)C2CNCCO2)cc1Cl. The molecule has 1 aliphatic rings. The molecule has 1 aromatic carbocycles. The highest BCUT2D eigenvalue weighted by Crippen LogP contribution is 2.20. The van der Waals surface area contributed by atoms with E-state index in [1.54, 1.807) is 6.07 Å². The fourth-order valence-electron chi connectivity index (χ4n) is 1.63. The zero-order valence-electron chi connectivity index (χ0n) is 9.63. The summed E-state index contributed by atoms with van der Waals surface area (Å²) in [5.74, 6) is -0.142. The van der Waals surface area contributed by atoms with Crippen molar-refractivity contribution in [2.75, 3.05) is 25.0 Å². The average molecular weight is 255 g/mol. The standard InChI is InChI=1S/C12H15ClN2O2/c1-8-2-3-9(6-10(8)13)15-12(16)11-7-14-4-5-17-11/h2-3,6,11,14H,4-5,7H2,1H3,(H,15,16). The smallest absolute Gasteiger partial charge is 0.254 e.